The highest BCUT2D eigenvalue weighted by molar-refractivity contribution is 6.54. The maximum absolute atomic E-state index is 6.03. The van der Waals surface area contributed by atoms with Gasteiger partial charge in [-0.3, -0.25) is 0 Å². The van der Waals surface area contributed by atoms with Gasteiger partial charge in [0.2, 0.25) is 0 Å². The second-order valence-electron chi connectivity index (χ2n) is 5.89. The van der Waals surface area contributed by atoms with Crippen LogP contribution >= 0.6 is 12.4 Å². The van der Waals surface area contributed by atoms with Crippen molar-refractivity contribution in [1.29, 1.82) is 0 Å². The van der Waals surface area contributed by atoms with Gasteiger partial charge in [-0.1, -0.05) is 6.08 Å². The summed E-state index contributed by atoms with van der Waals surface area (Å²) in [6.07, 6.45) is 3.36. The Morgan fingerprint density at radius 1 is 1.18 bits per heavy atom. The van der Waals surface area contributed by atoms with Gasteiger partial charge in [0, 0.05) is 13.1 Å². The van der Waals surface area contributed by atoms with Crippen molar-refractivity contribution in [3.05, 3.63) is 11.5 Å². The maximum atomic E-state index is 6.03. The van der Waals surface area contributed by atoms with Crippen LogP contribution in [0.5, 0.6) is 0 Å². The Kier molecular flexibility index (Phi) is 4.35. The smallest absolute Gasteiger partial charge is 0.400 e. The van der Waals surface area contributed by atoms with Crippen LogP contribution in [0.4, 0.5) is 0 Å². The first-order chi connectivity index (χ1) is 7.32. The van der Waals surface area contributed by atoms with Crippen LogP contribution in [0, 0.1) is 0 Å². The highest BCUT2D eigenvalue weighted by Gasteiger charge is 2.52. The molecule has 0 aliphatic carbocycles. The van der Waals surface area contributed by atoms with E-state index in [1.165, 1.54) is 5.47 Å². The van der Waals surface area contributed by atoms with Crippen molar-refractivity contribution in [3.63, 3.8) is 0 Å². The summed E-state index contributed by atoms with van der Waals surface area (Å²) in [5.74, 6) is 0. The molecule has 0 aromatic rings. The second-order valence-corrected chi connectivity index (χ2v) is 5.89. The lowest BCUT2D eigenvalue weighted by molar-refractivity contribution is 0.00578. The summed E-state index contributed by atoms with van der Waals surface area (Å²) in [6.45, 7) is 10.5. The minimum Gasteiger partial charge on any atom is -0.400 e. The minimum absolute atomic E-state index is 0. The molecule has 5 heteroatoms. The van der Waals surface area contributed by atoms with Gasteiger partial charge in [0.15, 0.2) is 0 Å². The van der Waals surface area contributed by atoms with Gasteiger partial charge in [0.25, 0.3) is 0 Å². The number of halogens is 1. The third kappa shape index (κ3) is 2.87. The van der Waals surface area contributed by atoms with Crippen molar-refractivity contribution >= 4 is 19.5 Å². The summed E-state index contributed by atoms with van der Waals surface area (Å²) >= 11 is 0. The molecule has 2 aliphatic rings. The van der Waals surface area contributed by atoms with Crippen LogP contribution in [0.3, 0.4) is 0 Å². The number of hydrogen-bond donors (Lipinski definition) is 0. The van der Waals surface area contributed by atoms with E-state index in [0.29, 0.717) is 0 Å². The summed E-state index contributed by atoms with van der Waals surface area (Å²) in [7, 11) is 1.98. The van der Waals surface area contributed by atoms with Crippen molar-refractivity contribution < 1.29 is 9.31 Å². The van der Waals surface area contributed by atoms with Crippen LogP contribution in [-0.2, 0) is 9.31 Å². The summed E-state index contributed by atoms with van der Waals surface area (Å²) in [5.41, 5.74) is 0.815. The van der Waals surface area contributed by atoms with Gasteiger partial charge in [-0.15, -0.1) is 12.4 Å². The first-order valence-electron chi connectivity index (χ1n) is 6.05. The predicted octanol–water partition coefficient (Wildman–Crippen LogP) is 2.30. The molecule has 1 fully saturated rings. The molecule has 2 aliphatic heterocycles. The van der Waals surface area contributed by atoms with Crippen molar-refractivity contribution in [2.75, 3.05) is 20.1 Å². The normalized spacial score (nSPS) is 27.6. The van der Waals surface area contributed by atoms with E-state index in [1.54, 1.807) is 0 Å². The summed E-state index contributed by atoms with van der Waals surface area (Å²) in [5, 5.41) is 0. The lowest BCUT2D eigenvalue weighted by atomic mass is 9.76. The average Bonchev–Trinajstić information content (AvgIpc) is 2.36. The monoisotopic (exact) mass is 259 g/mol. The molecule has 0 atom stereocenters. The standard InChI is InChI=1S/C12H22BNO2.ClH/c1-11(2)12(3,4)16-13(15-11)10-7-6-8-14(5)9-10;/h7H,6,8-9H2,1-5H3;1H. The van der Waals surface area contributed by atoms with E-state index in [4.69, 9.17) is 9.31 Å². The molecule has 0 aromatic heterocycles. The van der Waals surface area contributed by atoms with Gasteiger partial charge >= 0.3 is 7.12 Å². The van der Waals surface area contributed by atoms with Gasteiger partial charge in [-0.25, -0.2) is 0 Å². The molecule has 0 spiro atoms. The Bertz CT molecular complexity index is 302. The summed E-state index contributed by atoms with van der Waals surface area (Å²) in [4.78, 5) is 2.31. The second kappa shape index (κ2) is 4.92. The van der Waals surface area contributed by atoms with Crippen LogP contribution in [0.15, 0.2) is 11.5 Å². The van der Waals surface area contributed by atoms with E-state index in [0.717, 1.165) is 19.5 Å². The molecular formula is C12H23BClNO2. The number of likely N-dealkylation sites (N-methyl/N-ethyl adjacent to an activating group) is 1. The average molecular weight is 260 g/mol. The van der Waals surface area contributed by atoms with E-state index in [1.807, 2.05) is 0 Å². The largest absolute Gasteiger partial charge is 0.491 e. The Morgan fingerprint density at radius 2 is 1.71 bits per heavy atom. The topological polar surface area (TPSA) is 21.7 Å². The maximum Gasteiger partial charge on any atom is 0.491 e. The summed E-state index contributed by atoms with van der Waals surface area (Å²) in [6, 6.07) is 0. The van der Waals surface area contributed by atoms with Crippen LogP contribution in [0.25, 0.3) is 0 Å². The quantitative estimate of drug-likeness (QED) is 0.675. The molecule has 0 N–H and O–H groups in total. The molecule has 1 saturated heterocycles. The Labute approximate surface area is 111 Å². The molecule has 0 saturated carbocycles. The Hall–Kier alpha value is -0.0251. The lowest BCUT2D eigenvalue weighted by Gasteiger charge is -2.32. The zero-order chi connectivity index (χ0) is 12.0. The molecule has 2 heterocycles. The minimum atomic E-state index is -0.228. The van der Waals surface area contributed by atoms with Crippen LogP contribution in [0.1, 0.15) is 34.1 Å². The van der Waals surface area contributed by atoms with Crippen molar-refractivity contribution in [3.8, 4) is 0 Å². The van der Waals surface area contributed by atoms with E-state index in [9.17, 15) is 0 Å². The zero-order valence-corrected chi connectivity index (χ0v) is 12.3. The number of hydrogen-bond acceptors (Lipinski definition) is 3. The van der Waals surface area contributed by atoms with Gasteiger partial charge in [-0.2, -0.15) is 0 Å². The highest BCUT2D eigenvalue weighted by Crippen LogP contribution is 2.38. The van der Waals surface area contributed by atoms with Gasteiger partial charge < -0.3 is 14.2 Å². The van der Waals surface area contributed by atoms with E-state index >= 15 is 0 Å². The SMILES string of the molecule is CN1CCC=C(B2OC(C)(C)C(C)(C)O2)C1.Cl. The lowest BCUT2D eigenvalue weighted by Crippen LogP contribution is -2.41. The third-order valence-electron chi connectivity index (χ3n) is 3.93. The number of rotatable bonds is 1. The fourth-order valence-corrected chi connectivity index (χ4v) is 2.09. The van der Waals surface area contributed by atoms with Crippen molar-refractivity contribution in [2.45, 2.75) is 45.3 Å². The first-order valence-corrected chi connectivity index (χ1v) is 6.05. The predicted molar refractivity (Wildman–Crippen MR) is 73.5 cm³/mol. The van der Waals surface area contributed by atoms with Crippen molar-refractivity contribution in [1.82, 2.24) is 4.90 Å². The van der Waals surface area contributed by atoms with E-state index < -0.39 is 0 Å². The van der Waals surface area contributed by atoms with Gasteiger partial charge in [-0.05, 0) is 46.6 Å². The molecular weight excluding hydrogens is 236 g/mol. The van der Waals surface area contributed by atoms with E-state index in [2.05, 4.69) is 45.7 Å². The molecule has 3 nitrogen and oxygen atoms in total. The molecule has 0 aromatic carbocycles. The third-order valence-corrected chi connectivity index (χ3v) is 3.93. The van der Waals surface area contributed by atoms with Gasteiger partial charge in [0.1, 0.15) is 0 Å². The number of nitrogens with zero attached hydrogens (tertiary/aromatic N) is 1. The van der Waals surface area contributed by atoms with Crippen LogP contribution in [0.2, 0.25) is 0 Å². The zero-order valence-electron chi connectivity index (χ0n) is 11.4. The van der Waals surface area contributed by atoms with Crippen molar-refractivity contribution in [2.24, 2.45) is 0 Å². The molecule has 0 bridgehead atoms. The first kappa shape index (κ1) is 15.0. The molecule has 0 radical (unpaired) electrons. The van der Waals surface area contributed by atoms with Crippen LogP contribution < -0.4 is 0 Å². The molecule has 0 amide bonds. The Morgan fingerprint density at radius 3 is 2.18 bits per heavy atom. The molecule has 0 unspecified atom stereocenters. The fourth-order valence-electron chi connectivity index (χ4n) is 2.09. The Balaban J connectivity index is 0.00000144. The molecule has 17 heavy (non-hydrogen) atoms. The fraction of sp³-hybridized carbons (Fsp3) is 0.833. The van der Waals surface area contributed by atoms with Gasteiger partial charge in [0.05, 0.1) is 11.2 Å². The highest BCUT2D eigenvalue weighted by atomic mass is 35.5. The van der Waals surface area contributed by atoms with Crippen LogP contribution in [-0.4, -0.2) is 43.4 Å². The van der Waals surface area contributed by atoms with E-state index in [-0.39, 0.29) is 30.7 Å². The molecule has 98 valence electrons. The molecule has 2 rings (SSSR count). The summed E-state index contributed by atoms with van der Waals surface area (Å²) < 4.78 is 12.1.